The number of carbonyl (C=O) groups is 2. The quantitative estimate of drug-likeness (QED) is 0.817. The van der Waals surface area contributed by atoms with Crippen LogP contribution in [0.4, 0.5) is 5.69 Å². The van der Waals surface area contributed by atoms with Gasteiger partial charge in [-0.3, -0.25) is 9.78 Å². The second kappa shape index (κ2) is 7.96. The molecule has 126 valence electrons. The summed E-state index contributed by atoms with van der Waals surface area (Å²) in [5.41, 5.74) is 1.55. The monoisotopic (exact) mass is 330 g/mol. The molecule has 0 fully saturated rings. The molecule has 1 aromatic carbocycles. The Morgan fingerprint density at radius 1 is 1.08 bits per heavy atom. The molecule has 1 amide bonds. The van der Waals surface area contributed by atoms with E-state index in [0.717, 1.165) is 5.69 Å². The molecule has 1 aromatic heterocycles. The van der Waals surface area contributed by atoms with Crippen molar-refractivity contribution in [3.63, 3.8) is 0 Å². The Bertz CT molecular complexity index is 706. The van der Waals surface area contributed by atoms with Crippen LogP contribution in [0.2, 0.25) is 0 Å². The summed E-state index contributed by atoms with van der Waals surface area (Å²) in [4.78, 5) is 27.8. The van der Waals surface area contributed by atoms with E-state index in [1.54, 1.807) is 30.3 Å². The fourth-order valence-corrected chi connectivity index (χ4v) is 1.88. The van der Waals surface area contributed by atoms with Crippen LogP contribution in [0, 0.1) is 6.92 Å². The topological polar surface area (TPSA) is 86.8 Å². The summed E-state index contributed by atoms with van der Waals surface area (Å²) in [6.07, 6.45) is 1.41. The summed E-state index contributed by atoms with van der Waals surface area (Å²) < 4.78 is 15.2. The van der Waals surface area contributed by atoms with Gasteiger partial charge in [0.05, 0.1) is 19.8 Å². The van der Waals surface area contributed by atoms with Gasteiger partial charge in [-0.05, 0) is 19.1 Å². The highest BCUT2D eigenvalue weighted by atomic mass is 16.5. The first kappa shape index (κ1) is 17.3. The van der Waals surface area contributed by atoms with Crippen LogP contribution in [0.1, 0.15) is 16.1 Å². The third-order valence-electron chi connectivity index (χ3n) is 3.12. The zero-order chi connectivity index (χ0) is 17.5. The van der Waals surface area contributed by atoms with E-state index in [1.807, 2.05) is 6.92 Å². The number of carbonyl (C=O) groups excluding carboxylic acids is 2. The third kappa shape index (κ3) is 4.70. The molecule has 0 aliphatic heterocycles. The van der Waals surface area contributed by atoms with Crippen LogP contribution >= 0.6 is 0 Å². The van der Waals surface area contributed by atoms with Crippen LogP contribution in [0.25, 0.3) is 0 Å². The van der Waals surface area contributed by atoms with Gasteiger partial charge in [0.25, 0.3) is 5.91 Å². The second-order valence-corrected chi connectivity index (χ2v) is 4.91. The molecule has 0 saturated carbocycles. The van der Waals surface area contributed by atoms with E-state index in [1.165, 1.54) is 20.4 Å². The number of hydrogen-bond acceptors (Lipinski definition) is 6. The van der Waals surface area contributed by atoms with Crippen LogP contribution in [-0.2, 0) is 9.53 Å². The molecule has 0 aliphatic carbocycles. The predicted octanol–water partition coefficient (Wildman–Crippen LogP) is 2.20. The van der Waals surface area contributed by atoms with E-state index in [2.05, 4.69) is 10.3 Å². The zero-order valence-corrected chi connectivity index (χ0v) is 13.7. The molecule has 0 bridgehead atoms. The van der Waals surface area contributed by atoms with E-state index >= 15 is 0 Å². The van der Waals surface area contributed by atoms with Crippen molar-refractivity contribution in [1.29, 1.82) is 0 Å². The molecule has 2 aromatic rings. The predicted molar refractivity (Wildman–Crippen MR) is 87.4 cm³/mol. The van der Waals surface area contributed by atoms with Crippen LogP contribution in [0.3, 0.4) is 0 Å². The summed E-state index contributed by atoms with van der Waals surface area (Å²) in [5, 5.41) is 2.62. The molecule has 0 radical (unpaired) electrons. The van der Waals surface area contributed by atoms with Crippen molar-refractivity contribution in [1.82, 2.24) is 4.98 Å². The maximum absolute atomic E-state index is 11.9. The van der Waals surface area contributed by atoms with Gasteiger partial charge in [-0.2, -0.15) is 0 Å². The van der Waals surface area contributed by atoms with Gasteiger partial charge in [0.2, 0.25) is 0 Å². The van der Waals surface area contributed by atoms with Gasteiger partial charge in [0, 0.05) is 35.8 Å². The minimum absolute atomic E-state index is 0.288. The first-order valence-corrected chi connectivity index (χ1v) is 7.14. The number of benzene rings is 1. The molecule has 7 nitrogen and oxygen atoms in total. The molecule has 0 unspecified atom stereocenters. The van der Waals surface area contributed by atoms with Crippen molar-refractivity contribution < 1.29 is 23.8 Å². The SMILES string of the molecule is COc1cc(NC(=O)COC(=O)c2ccc(C)nc2)cc(OC)c1. The number of pyridine rings is 1. The number of rotatable bonds is 6. The first-order valence-electron chi connectivity index (χ1n) is 7.14. The number of nitrogens with one attached hydrogen (secondary N) is 1. The van der Waals surface area contributed by atoms with E-state index in [9.17, 15) is 9.59 Å². The maximum Gasteiger partial charge on any atom is 0.340 e. The zero-order valence-electron chi connectivity index (χ0n) is 13.7. The number of ether oxygens (including phenoxy) is 3. The molecule has 0 aliphatic rings. The number of methoxy groups -OCH3 is 2. The highest BCUT2D eigenvalue weighted by molar-refractivity contribution is 5.95. The van der Waals surface area contributed by atoms with Crippen LogP contribution in [0.5, 0.6) is 11.5 Å². The maximum atomic E-state index is 11.9. The molecular formula is C17H18N2O5. The van der Waals surface area contributed by atoms with Crippen molar-refractivity contribution in [3.8, 4) is 11.5 Å². The lowest BCUT2D eigenvalue weighted by Gasteiger charge is -2.10. The molecule has 0 saturated heterocycles. The normalized spacial score (nSPS) is 9.96. The van der Waals surface area contributed by atoms with E-state index in [-0.39, 0.29) is 5.56 Å². The Kier molecular flexibility index (Phi) is 5.73. The van der Waals surface area contributed by atoms with Gasteiger partial charge in [-0.1, -0.05) is 0 Å². The highest BCUT2D eigenvalue weighted by Gasteiger charge is 2.11. The Morgan fingerprint density at radius 3 is 2.29 bits per heavy atom. The summed E-state index contributed by atoms with van der Waals surface area (Å²) >= 11 is 0. The number of amides is 1. The molecule has 0 atom stereocenters. The largest absolute Gasteiger partial charge is 0.497 e. The van der Waals surface area contributed by atoms with Crippen LogP contribution in [-0.4, -0.2) is 37.7 Å². The number of aryl methyl sites for hydroxylation is 1. The number of hydrogen-bond donors (Lipinski definition) is 1. The number of nitrogens with zero attached hydrogens (tertiary/aromatic N) is 1. The molecule has 0 spiro atoms. The average Bonchev–Trinajstić information content (AvgIpc) is 2.59. The van der Waals surface area contributed by atoms with Gasteiger partial charge >= 0.3 is 5.97 Å². The summed E-state index contributed by atoms with van der Waals surface area (Å²) in [6, 6.07) is 8.23. The Morgan fingerprint density at radius 2 is 1.75 bits per heavy atom. The van der Waals surface area contributed by atoms with Gasteiger partial charge < -0.3 is 19.5 Å². The number of anilines is 1. The Balaban J connectivity index is 1.93. The van der Waals surface area contributed by atoms with Gasteiger partial charge in [-0.15, -0.1) is 0 Å². The molecule has 24 heavy (non-hydrogen) atoms. The smallest absolute Gasteiger partial charge is 0.340 e. The van der Waals surface area contributed by atoms with Gasteiger partial charge in [-0.25, -0.2) is 4.79 Å². The van der Waals surface area contributed by atoms with Crippen molar-refractivity contribution >= 4 is 17.6 Å². The van der Waals surface area contributed by atoms with Crippen molar-refractivity contribution in [2.45, 2.75) is 6.92 Å². The van der Waals surface area contributed by atoms with E-state index in [4.69, 9.17) is 14.2 Å². The Labute approximate surface area is 139 Å². The summed E-state index contributed by atoms with van der Waals surface area (Å²) in [5.74, 6) is -0.0145. The van der Waals surface area contributed by atoms with Crippen LogP contribution < -0.4 is 14.8 Å². The fraction of sp³-hybridized carbons (Fsp3) is 0.235. The molecule has 1 N–H and O–H groups in total. The second-order valence-electron chi connectivity index (χ2n) is 4.91. The summed E-state index contributed by atoms with van der Waals surface area (Å²) in [7, 11) is 3.02. The average molecular weight is 330 g/mol. The number of aromatic nitrogens is 1. The molecular weight excluding hydrogens is 312 g/mol. The van der Waals surface area contributed by atoms with Crippen molar-refractivity contribution in [2.24, 2.45) is 0 Å². The minimum atomic E-state index is -0.610. The van der Waals surface area contributed by atoms with Crippen molar-refractivity contribution in [3.05, 3.63) is 47.8 Å². The highest BCUT2D eigenvalue weighted by Crippen LogP contribution is 2.25. The van der Waals surface area contributed by atoms with Crippen molar-refractivity contribution in [2.75, 3.05) is 26.1 Å². The number of esters is 1. The summed E-state index contributed by atoms with van der Waals surface area (Å²) in [6.45, 7) is 1.40. The van der Waals surface area contributed by atoms with Gasteiger partial charge in [0.15, 0.2) is 6.61 Å². The van der Waals surface area contributed by atoms with E-state index < -0.39 is 18.5 Å². The lowest BCUT2D eigenvalue weighted by Crippen LogP contribution is -2.21. The minimum Gasteiger partial charge on any atom is -0.497 e. The van der Waals surface area contributed by atoms with Crippen LogP contribution in [0.15, 0.2) is 36.5 Å². The lowest BCUT2D eigenvalue weighted by atomic mass is 10.2. The fourth-order valence-electron chi connectivity index (χ4n) is 1.88. The van der Waals surface area contributed by atoms with Gasteiger partial charge in [0.1, 0.15) is 11.5 Å². The first-order chi connectivity index (χ1) is 11.5. The third-order valence-corrected chi connectivity index (χ3v) is 3.12. The molecule has 7 heteroatoms. The lowest BCUT2D eigenvalue weighted by molar-refractivity contribution is -0.119. The van der Waals surface area contributed by atoms with E-state index in [0.29, 0.717) is 17.2 Å². The molecule has 2 rings (SSSR count). The Hall–Kier alpha value is -3.09. The molecule has 1 heterocycles. The standard InChI is InChI=1S/C17H18N2O5/c1-11-4-5-12(9-18-11)17(21)24-10-16(20)19-13-6-14(22-2)8-15(7-13)23-3/h4-9H,10H2,1-3H3,(H,19,20).